The van der Waals surface area contributed by atoms with Crippen LogP contribution >= 0.6 is 0 Å². The third kappa shape index (κ3) is 4.82. The van der Waals surface area contributed by atoms with Gasteiger partial charge in [0.1, 0.15) is 0 Å². The van der Waals surface area contributed by atoms with Crippen LogP contribution < -0.4 is 0 Å². The summed E-state index contributed by atoms with van der Waals surface area (Å²) in [5, 5.41) is 17.3. The summed E-state index contributed by atoms with van der Waals surface area (Å²) in [5.74, 6) is 1.77. The molecule has 0 bridgehead atoms. The third-order valence-corrected chi connectivity index (χ3v) is 1.64. The Morgan fingerprint density at radius 3 is 2.00 bits per heavy atom. The molecule has 0 aromatic rings. The SMILES string of the molecule is C=CC/C(C#CC(=O)O)=C(/CC=C)C(=O)O. The normalized spacial score (nSPS) is 10.5. The van der Waals surface area contributed by atoms with Crippen LogP contribution in [0.1, 0.15) is 12.8 Å². The Hall–Kier alpha value is -2.28. The maximum absolute atomic E-state index is 10.9. The number of allylic oxidation sites excluding steroid dienone is 3. The van der Waals surface area contributed by atoms with Crippen molar-refractivity contribution in [3.63, 3.8) is 0 Å². The first-order valence-corrected chi connectivity index (χ1v) is 4.45. The fourth-order valence-corrected chi connectivity index (χ4v) is 1.01. The van der Waals surface area contributed by atoms with Gasteiger partial charge >= 0.3 is 11.9 Å². The maximum atomic E-state index is 10.9. The minimum absolute atomic E-state index is 0.0450. The van der Waals surface area contributed by atoms with Crippen molar-refractivity contribution < 1.29 is 19.8 Å². The van der Waals surface area contributed by atoms with Crippen molar-refractivity contribution in [2.45, 2.75) is 12.8 Å². The van der Waals surface area contributed by atoms with Crippen LogP contribution in [0.25, 0.3) is 0 Å². The molecule has 0 unspecified atom stereocenters. The monoisotopic (exact) mass is 220 g/mol. The Balaban J connectivity index is 5.39. The van der Waals surface area contributed by atoms with E-state index in [1.54, 1.807) is 0 Å². The van der Waals surface area contributed by atoms with E-state index in [0.717, 1.165) is 0 Å². The molecule has 84 valence electrons. The average Bonchev–Trinajstić information content (AvgIpc) is 2.20. The van der Waals surface area contributed by atoms with Crippen molar-refractivity contribution >= 4 is 11.9 Å². The van der Waals surface area contributed by atoms with Crippen LogP contribution in [0, 0.1) is 11.8 Å². The van der Waals surface area contributed by atoms with E-state index in [4.69, 9.17) is 10.2 Å². The van der Waals surface area contributed by atoms with Gasteiger partial charge in [-0.15, -0.1) is 13.2 Å². The van der Waals surface area contributed by atoms with E-state index < -0.39 is 11.9 Å². The van der Waals surface area contributed by atoms with Crippen LogP contribution in [-0.2, 0) is 9.59 Å². The van der Waals surface area contributed by atoms with Gasteiger partial charge in [-0.3, -0.25) is 0 Å². The lowest BCUT2D eigenvalue weighted by molar-refractivity contribution is -0.133. The van der Waals surface area contributed by atoms with Gasteiger partial charge in [0.25, 0.3) is 0 Å². The van der Waals surface area contributed by atoms with Crippen molar-refractivity contribution in [2.75, 3.05) is 0 Å². The van der Waals surface area contributed by atoms with Gasteiger partial charge in [-0.2, -0.15) is 0 Å². The van der Waals surface area contributed by atoms with Crippen LogP contribution in [0.4, 0.5) is 0 Å². The van der Waals surface area contributed by atoms with Crippen LogP contribution in [0.3, 0.4) is 0 Å². The fraction of sp³-hybridized carbons (Fsp3) is 0.167. The van der Waals surface area contributed by atoms with Crippen LogP contribution in [0.2, 0.25) is 0 Å². The Morgan fingerprint density at radius 2 is 1.62 bits per heavy atom. The molecule has 2 N–H and O–H groups in total. The average molecular weight is 220 g/mol. The van der Waals surface area contributed by atoms with Crippen molar-refractivity contribution in [2.24, 2.45) is 0 Å². The second-order valence-electron chi connectivity index (χ2n) is 2.80. The molecule has 0 aliphatic carbocycles. The molecule has 4 nitrogen and oxygen atoms in total. The Kier molecular flexibility index (Phi) is 6.06. The zero-order chi connectivity index (χ0) is 12.6. The molecular weight excluding hydrogens is 208 g/mol. The highest BCUT2D eigenvalue weighted by Gasteiger charge is 2.10. The molecule has 0 saturated heterocycles. The van der Waals surface area contributed by atoms with Crippen LogP contribution in [-0.4, -0.2) is 22.2 Å². The minimum atomic E-state index is -1.30. The minimum Gasteiger partial charge on any atom is -0.478 e. The molecule has 0 heterocycles. The largest absolute Gasteiger partial charge is 0.478 e. The molecule has 0 atom stereocenters. The zero-order valence-corrected chi connectivity index (χ0v) is 8.69. The van der Waals surface area contributed by atoms with Crippen molar-refractivity contribution in [1.82, 2.24) is 0 Å². The molecular formula is C12H12O4. The van der Waals surface area contributed by atoms with E-state index in [1.807, 2.05) is 5.92 Å². The quantitative estimate of drug-likeness (QED) is 0.419. The maximum Gasteiger partial charge on any atom is 0.382 e. The molecule has 0 rings (SSSR count). The Bertz CT molecular complexity index is 404. The van der Waals surface area contributed by atoms with Gasteiger partial charge in [-0.05, 0) is 12.8 Å². The number of hydrogen-bond acceptors (Lipinski definition) is 2. The number of hydrogen-bond donors (Lipinski definition) is 2. The Morgan fingerprint density at radius 1 is 1.06 bits per heavy atom. The summed E-state index contributed by atoms with van der Waals surface area (Å²) < 4.78 is 0. The van der Waals surface area contributed by atoms with E-state index in [-0.39, 0.29) is 24.0 Å². The highest BCUT2D eigenvalue weighted by molar-refractivity contribution is 5.91. The summed E-state index contributed by atoms with van der Waals surface area (Å²) in [6.07, 6.45) is 3.25. The predicted molar refractivity (Wildman–Crippen MR) is 59.7 cm³/mol. The molecule has 0 aromatic carbocycles. The van der Waals surface area contributed by atoms with Gasteiger partial charge in [0, 0.05) is 11.5 Å². The number of carboxylic acid groups (broad SMARTS) is 2. The lowest BCUT2D eigenvalue weighted by Gasteiger charge is -2.02. The van der Waals surface area contributed by atoms with E-state index in [0.29, 0.717) is 0 Å². The molecule has 0 aliphatic rings. The van der Waals surface area contributed by atoms with Gasteiger partial charge in [0.2, 0.25) is 0 Å². The highest BCUT2D eigenvalue weighted by Crippen LogP contribution is 2.13. The summed E-state index contributed by atoms with van der Waals surface area (Å²) in [4.78, 5) is 21.2. The molecule has 4 heteroatoms. The summed E-state index contributed by atoms with van der Waals surface area (Å²) >= 11 is 0. The zero-order valence-electron chi connectivity index (χ0n) is 8.69. The lowest BCUT2D eigenvalue weighted by Crippen LogP contribution is -2.03. The number of aliphatic carboxylic acids is 2. The molecule has 16 heavy (non-hydrogen) atoms. The molecule has 0 radical (unpaired) electrons. The molecule has 0 fully saturated rings. The first-order chi connectivity index (χ1) is 7.52. The smallest absolute Gasteiger partial charge is 0.382 e. The number of carbonyl (C=O) groups is 2. The summed E-state index contributed by atoms with van der Waals surface area (Å²) in [7, 11) is 0. The second-order valence-corrected chi connectivity index (χ2v) is 2.80. The summed E-state index contributed by atoms with van der Waals surface area (Å²) in [6.45, 7) is 6.89. The van der Waals surface area contributed by atoms with Crippen LogP contribution in [0.5, 0.6) is 0 Å². The van der Waals surface area contributed by atoms with Crippen LogP contribution in [0.15, 0.2) is 36.5 Å². The molecule has 0 saturated carbocycles. The standard InChI is InChI=1S/C12H12O4/c1-3-5-9(7-8-11(13)14)10(6-4-2)12(15)16/h3-4H,1-2,5-6H2,(H,13,14)(H,15,16)/b10-9+. The van der Waals surface area contributed by atoms with E-state index in [1.165, 1.54) is 12.2 Å². The number of rotatable bonds is 5. The Labute approximate surface area is 93.6 Å². The van der Waals surface area contributed by atoms with Crippen molar-refractivity contribution in [1.29, 1.82) is 0 Å². The van der Waals surface area contributed by atoms with Gasteiger partial charge in [0.15, 0.2) is 0 Å². The molecule has 0 aliphatic heterocycles. The van der Waals surface area contributed by atoms with Crippen molar-refractivity contribution in [3.05, 3.63) is 36.5 Å². The van der Waals surface area contributed by atoms with E-state index >= 15 is 0 Å². The second kappa shape index (κ2) is 7.07. The summed E-state index contributed by atoms with van der Waals surface area (Å²) in [5.41, 5.74) is 0.286. The topological polar surface area (TPSA) is 74.6 Å². The van der Waals surface area contributed by atoms with Gasteiger partial charge in [-0.25, -0.2) is 9.59 Å². The lowest BCUT2D eigenvalue weighted by atomic mass is 10.0. The number of carboxylic acids is 2. The van der Waals surface area contributed by atoms with E-state index in [2.05, 4.69) is 19.1 Å². The van der Waals surface area contributed by atoms with Crippen molar-refractivity contribution in [3.8, 4) is 11.8 Å². The van der Waals surface area contributed by atoms with Gasteiger partial charge in [-0.1, -0.05) is 18.1 Å². The van der Waals surface area contributed by atoms with E-state index in [9.17, 15) is 9.59 Å². The van der Waals surface area contributed by atoms with Gasteiger partial charge in [0.05, 0.1) is 5.57 Å². The first-order valence-electron chi connectivity index (χ1n) is 4.45. The third-order valence-electron chi connectivity index (χ3n) is 1.64. The fourth-order valence-electron chi connectivity index (χ4n) is 1.01. The molecule has 0 amide bonds. The highest BCUT2D eigenvalue weighted by atomic mass is 16.4. The molecule has 0 aromatic heterocycles. The van der Waals surface area contributed by atoms with Gasteiger partial charge < -0.3 is 10.2 Å². The predicted octanol–water partition coefficient (Wildman–Crippen LogP) is 1.61. The summed E-state index contributed by atoms with van der Waals surface area (Å²) in [6, 6.07) is 0. The molecule has 0 spiro atoms. The first kappa shape index (κ1) is 13.7.